The predicted molar refractivity (Wildman–Crippen MR) is 91.5 cm³/mol. The van der Waals surface area contributed by atoms with Gasteiger partial charge in [0.05, 0.1) is 4.88 Å². The van der Waals surface area contributed by atoms with E-state index in [0.717, 1.165) is 27.7 Å². The van der Waals surface area contributed by atoms with Crippen molar-refractivity contribution in [1.82, 2.24) is 4.98 Å². The van der Waals surface area contributed by atoms with E-state index >= 15 is 0 Å². The molecule has 0 bridgehead atoms. The highest BCUT2D eigenvalue weighted by molar-refractivity contribution is 7.16. The van der Waals surface area contributed by atoms with Gasteiger partial charge in [-0.05, 0) is 11.6 Å². The fraction of sp³-hybridized carbons (Fsp3) is 0.0556. The Labute approximate surface area is 137 Å². The SMILES string of the molecule is Clc1ccccc1Cc1c[n+]2cc(-c3ccccc3)[nH]c2s1. The average Bonchev–Trinajstić information content (AvgIpc) is 3.09. The molecule has 0 radical (unpaired) electrons. The second-order valence-electron chi connectivity index (χ2n) is 5.21. The van der Waals surface area contributed by atoms with E-state index in [9.17, 15) is 0 Å². The van der Waals surface area contributed by atoms with Crippen molar-refractivity contribution >= 4 is 27.9 Å². The number of nitrogens with zero attached hydrogens (tertiary/aromatic N) is 1. The lowest BCUT2D eigenvalue weighted by Crippen LogP contribution is -2.12. The molecule has 0 saturated heterocycles. The van der Waals surface area contributed by atoms with Crippen molar-refractivity contribution in [1.29, 1.82) is 0 Å². The standard InChI is InChI=1S/C18H13ClN2S/c19-16-9-5-4-8-14(16)10-15-11-21-12-17(20-18(21)22-15)13-6-2-1-3-7-13/h1-9,11-12H,10H2/p+1. The minimum absolute atomic E-state index is 0.828. The lowest BCUT2D eigenvalue weighted by molar-refractivity contribution is -0.505. The first-order valence-electron chi connectivity index (χ1n) is 7.11. The van der Waals surface area contributed by atoms with Crippen LogP contribution in [-0.2, 0) is 6.42 Å². The monoisotopic (exact) mass is 325 g/mol. The normalized spacial score (nSPS) is 11.1. The molecule has 2 aromatic carbocycles. The maximum Gasteiger partial charge on any atom is 0.344 e. The van der Waals surface area contributed by atoms with E-state index in [-0.39, 0.29) is 0 Å². The van der Waals surface area contributed by atoms with Gasteiger partial charge in [-0.15, -0.1) is 0 Å². The summed E-state index contributed by atoms with van der Waals surface area (Å²) in [5, 5.41) is 0.828. The predicted octanol–water partition coefficient (Wildman–Crippen LogP) is 4.73. The van der Waals surface area contributed by atoms with Gasteiger partial charge in [0, 0.05) is 17.0 Å². The molecule has 4 rings (SSSR count). The van der Waals surface area contributed by atoms with Gasteiger partial charge in [0.15, 0.2) is 5.69 Å². The molecule has 2 aromatic heterocycles. The van der Waals surface area contributed by atoms with Crippen molar-refractivity contribution in [3.63, 3.8) is 0 Å². The first-order valence-corrected chi connectivity index (χ1v) is 8.30. The summed E-state index contributed by atoms with van der Waals surface area (Å²) in [6.45, 7) is 0. The lowest BCUT2D eigenvalue weighted by atomic mass is 10.1. The fourth-order valence-corrected chi connectivity index (χ4v) is 3.78. The Morgan fingerprint density at radius 1 is 0.955 bits per heavy atom. The number of aromatic nitrogens is 2. The van der Waals surface area contributed by atoms with Crippen LogP contribution >= 0.6 is 22.9 Å². The number of thiazole rings is 1. The van der Waals surface area contributed by atoms with E-state index in [1.807, 2.05) is 24.3 Å². The van der Waals surface area contributed by atoms with Gasteiger partial charge in [-0.1, -0.05) is 71.5 Å². The second kappa shape index (κ2) is 5.59. The number of benzene rings is 2. The Morgan fingerprint density at radius 2 is 1.73 bits per heavy atom. The van der Waals surface area contributed by atoms with Crippen molar-refractivity contribution in [2.24, 2.45) is 0 Å². The van der Waals surface area contributed by atoms with Gasteiger partial charge < -0.3 is 0 Å². The van der Waals surface area contributed by atoms with Crippen molar-refractivity contribution in [3.8, 4) is 11.3 Å². The average molecular weight is 326 g/mol. The minimum atomic E-state index is 0.828. The van der Waals surface area contributed by atoms with E-state index in [1.165, 1.54) is 10.4 Å². The van der Waals surface area contributed by atoms with Crippen LogP contribution in [0.4, 0.5) is 0 Å². The zero-order valence-electron chi connectivity index (χ0n) is 11.8. The number of imidazole rings is 1. The Hall–Kier alpha value is -2.10. The molecule has 1 N–H and O–H groups in total. The third kappa shape index (κ3) is 2.54. The van der Waals surface area contributed by atoms with E-state index in [4.69, 9.17) is 11.6 Å². The Kier molecular flexibility index (Phi) is 3.45. The van der Waals surface area contributed by atoms with E-state index in [0.29, 0.717) is 0 Å². The number of rotatable bonds is 3. The van der Waals surface area contributed by atoms with Crippen molar-refractivity contribution in [2.45, 2.75) is 6.42 Å². The van der Waals surface area contributed by atoms with Gasteiger partial charge in [0.25, 0.3) is 0 Å². The molecule has 0 aliphatic carbocycles. The zero-order valence-corrected chi connectivity index (χ0v) is 13.4. The molecule has 0 atom stereocenters. The number of aromatic amines is 1. The lowest BCUT2D eigenvalue weighted by Gasteiger charge is -1.99. The molecule has 0 fully saturated rings. The van der Waals surface area contributed by atoms with Gasteiger partial charge >= 0.3 is 4.96 Å². The Bertz CT molecular complexity index is 893. The summed E-state index contributed by atoms with van der Waals surface area (Å²) >= 11 is 8.01. The third-order valence-electron chi connectivity index (χ3n) is 3.66. The summed E-state index contributed by atoms with van der Waals surface area (Å²) in [4.78, 5) is 5.91. The van der Waals surface area contributed by atoms with Gasteiger partial charge in [-0.2, -0.15) is 4.40 Å². The number of hydrogen-bond donors (Lipinski definition) is 1. The summed E-state index contributed by atoms with van der Waals surface area (Å²) in [7, 11) is 0. The van der Waals surface area contributed by atoms with Crippen LogP contribution < -0.4 is 4.40 Å². The zero-order chi connectivity index (χ0) is 14.9. The molecule has 2 nitrogen and oxygen atoms in total. The molecule has 0 spiro atoms. The van der Waals surface area contributed by atoms with E-state index < -0.39 is 0 Å². The van der Waals surface area contributed by atoms with Crippen LogP contribution in [0.3, 0.4) is 0 Å². The van der Waals surface area contributed by atoms with Gasteiger partial charge in [-0.3, -0.25) is 0 Å². The highest BCUT2D eigenvalue weighted by Gasteiger charge is 2.15. The van der Waals surface area contributed by atoms with Gasteiger partial charge in [-0.25, -0.2) is 4.98 Å². The maximum atomic E-state index is 6.24. The number of hydrogen-bond acceptors (Lipinski definition) is 1. The van der Waals surface area contributed by atoms with Gasteiger partial charge in [0.2, 0.25) is 0 Å². The molecule has 22 heavy (non-hydrogen) atoms. The summed E-state index contributed by atoms with van der Waals surface area (Å²) in [5.41, 5.74) is 3.50. The van der Waals surface area contributed by atoms with Gasteiger partial charge in [0.1, 0.15) is 12.4 Å². The topological polar surface area (TPSA) is 19.9 Å². The van der Waals surface area contributed by atoms with Crippen molar-refractivity contribution < 1.29 is 4.40 Å². The highest BCUT2D eigenvalue weighted by Crippen LogP contribution is 2.24. The van der Waals surface area contributed by atoms with Crippen LogP contribution in [0.1, 0.15) is 10.4 Å². The molecule has 0 amide bonds. The summed E-state index contributed by atoms with van der Waals surface area (Å²) in [6, 6.07) is 18.4. The molecule has 0 aliphatic heterocycles. The molecule has 0 aliphatic rings. The molecule has 4 heteroatoms. The fourth-order valence-electron chi connectivity index (χ4n) is 2.57. The van der Waals surface area contributed by atoms with E-state index in [2.05, 4.69) is 52.1 Å². The summed E-state index contributed by atoms with van der Waals surface area (Å²) in [5.74, 6) is 0. The molecule has 108 valence electrons. The maximum absolute atomic E-state index is 6.24. The molecule has 0 unspecified atom stereocenters. The molecule has 2 heterocycles. The first kappa shape index (κ1) is 13.6. The number of nitrogens with one attached hydrogen (secondary N) is 1. The van der Waals surface area contributed by atoms with Crippen LogP contribution in [0.15, 0.2) is 67.0 Å². The quantitative estimate of drug-likeness (QED) is 0.526. The molecule has 4 aromatic rings. The summed E-state index contributed by atoms with van der Waals surface area (Å²) in [6.07, 6.45) is 5.17. The largest absolute Gasteiger partial charge is 0.344 e. The van der Waals surface area contributed by atoms with Crippen molar-refractivity contribution in [2.75, 3.05) is 0 Å². The number of halogens is 1. The van der Waals surface area contributed by atoms with Crippen LogP contribution in [-0.4, -0.2) is 4.98 Å². The second-order valence-corrected chi connectivity index (χ2v) is 6.73. The minimum Gasteiger partial charge on any atom is -0.227 e. The van der Waals surface area contributed by atoms with E-state index in [1.54, 1.807) is 11.3 Å². The Balaban J connectivity index is 1.66. The smallest absolute Gasteiger partial charge is 0.227 e. The summed E-state index contributed by atoms with van der Waals surface area (Å²) < 4.78 is 2.15. The Morgan fingerprint density at radius 3 is 2.50 bits per heavy atom. The third-order valence-corrected chi connectivity index (χ3v) is 5.05. The van der Waals surface area contributed by atoms with Crippen LogP contribution in [0, 0.1) is 0 Å². The molecule has 0 saturated carbocycles. The number of fused-ring (bicyclic) bond motifs is 1. The highest BCUT2D eigenvalue weighted by atomic mass is 35.5. The molecular weight excluding hydrogens is 312 g/mol. The first-order chi connectivity index (χ1) is 10.8. The van der Waals surface area contributed by atoms with Crippen LogP contribution in [0.5, 0.6) is 0 Å². The number of H-pyrrole nitrogens is 1. The van der Waals surface area contributed by atoms with Crippen LogP contribution in [0.2, 0.25) is 5.02 Å². The van der Waals surface area contributed by atoms with Crippen molar-refractivity contribution in [3.05, 3.63) is 82.5 Å². The molecular formula is C18H14ClN2S+. The van der Waals surface area contributed by atoms with Crippen LogP contribution in [0.25, 0.3) is 16.2 Å².